The van der Waals surface area contributed by atoms with E-state index in [1.54, 1.807) is 4.90 Å². The van der Waals surface area contributed by atoms with Crippen LogP contribution in [0, 0.1) is 0 Å². The zero-order chi connectivity index (χ0) is 14.0. The largest absolute Gasteiger partial charge is 0.387 e. The SMILES string of the molecule is O=C(c1cccs1)N1CC[C@](O)(CN2CCOCC2)C1. The Bertz CT molecular complexity index is 459. The van der Waals surface area contributed by atoms with Crippen LogP contribution in [-0.4, -0.2) is 72.4 Å². The zero-order valence-corrected chi connectivity index (χ0v) is 12.3. The Morgan fingerprint density at radius 1 is 1.40 bits per heavy atom. The Kier molecular flexibility index (Phi) is 4.07. The van der Waals surface area contributed by atoms with E-state index < -0.39 is 5.60 Å². The Morgan fingerprint density at radius 2 is 2.20 bits per heavy atom. The van der Waals surface area contributed by atoms with Gasteiger partial charge in [0.05, 0.1) is 30.2 Å². The van der Waals surface area contributed by atoms with E-state index in [0.29, 0.717) is 26.1 Å². The van der Waals surface area contributed by atoms with Crippen LogP contribution in [0.15, 0.2) is 17.5 Å². The van der Waals surface area contributed by atoms with Gasteiger partial charge < -0.3 is 14.7 Å². The van der Waals surface area contributed by atoms with Crippen LogP contribution < -0.4 is 0 Å². The summed E-state index contributed by atoms with van der Waals surface area (Å²) < 4.78 is 5.32. The molecule has 1 aromatic rings. The number of amides is 1. The lowest BCUT2D eigenvalue weighted by molar-refractivity contribution is -0.0257. The lowest BCUT2D eigenvalue weighted by atomic mass is 10.0. The first-order valence-corrected chi connectivity index (χ1v) is 7.90. The summed E-state index contributed by atoms with van der Waals surface area (Å²) in [5, 5.41) is 12.6. The minimum Gasteiger partial charge on any atom is -0.387 e. The van der Waals surface area contributed by atoms with Crippen LogP contribution >= 0.6 is 11.3 Å². The highest BCUT2D eigenvalue weighted by molar-refractivity contribution is 7.12. The summed E-state index contributed by atoms with van der Waals surface area (Å²) in [6, 6.07) is 3.72. The van der Waals surface area contributed by atoms with Gasteiger partial charge in [-0.1, -0.05) is 6.07 Å². The number of morpholine rings is 1. The van der Waals surface area contributed by atoms with Gasteiger partial charge in [-0.2, -0.15) is 0 Å². The molecule has 1 aromatic heterocycles. The van der Waals surface area contributed by atoms with Gasteiger partial charge in [0.1, 0.15) is 0 Å². The Balaban J connectivity index is 1.59. The highest BCUT2D eigenvalue weighted by Gasteiger charge is 2.40. The van der Waals surface area contributed by atoms with Gasteiger partial charge >= 0.3 is 0 Å². The van der Waals surface area contributed by atoms with Crippen molar-refractivity contribution in [2.75, 3.05) is 45.9 Å². The number of nitrogens with zero attached hydrogens (tertiary/aromatic N) is 2. The fraction of sp³-hybridized carbons (Fsp3) is 0.643. The average Bonchev–Trinajstić information content (AvgIpc) is 3.09. The first kappa shape index (κ1) is 14.0. The number of carbonyl (C=O) groups is 1. The van der Waals surface area contributed by atoms with Crippen molar-refractivity contribution in [1.29, 1.82) is 0 Å². The van der Waals surface area contributed by atoms with Gasteiger partial charge in [-0.3, -0.25) is 9.69 Å². The highest BCUT2D eigenvalue weighted by atomic mass is 32.1. The molecule has 1 amide bonds. The number of aliphatic hydroxyl groups is 1. The summed E-state index contributed by atoms with van der Waals surface area (Å²) in [5.74, 6) is 0.0397. The maximum atomic E-state index is 12.3. The molecule has 5 nitrogen and oxygen atoms in total. The number of ether oxygens (including phenoxy) is 1. The molecule has 2 fully saturated rings. The molecule has 0 aromatic carbocycles. The first-order valence-electron chi connectivity index (χ1n) is 7.02. The van der Waals surface area contributed by atoms with Crippen LogP contribution in [0.5, 0.6) is 0 Å². The van der Waals surface area contributed by atoms with Crippen molar-refractivity contribution in [2.24, 2.45) is 0 Å². The number of thiophene rings is 1. The fourth-order valence-corrected chi connectivity index (χ4v) is 3.58. The van der Waals surface area contributed by atoms with Gasteiger partial charge in [-0.25, -0.2) is 0 Å². The predicted molar refractivity (Wildman–Crippen MR) is 77.0 cm³/mol. The van der Waals surface area contributed by atoms with E-state index in [2.05, 4.69) is 4.90 Å². The third-order valence-electron chi connectivity index (χ3n) is 3.97. The van der Waals surface area contributed by atoms with Gasteiger partial charge in [0.25, 0.3) is 5.91 Å². The van der Waals surface area contributed by atoms with E-state index >= 15 is 0 Å². The summed E-state index contributed by atoms with van der Waals surface area (Å²) >= 11 is 1.45. The van der Waals surface area contributed by atoms with E-state index in [0.717, 1.165) is 31.2 Å². The quantitative estimate of drug-likeness (QED) is 0.890. The topological polar surface area (TPSA) is 53.0 Å². The molecule has 3 heterocycles. The van der Waals surface area contributed by atoms with Gasteiger partial charge in [-0.05, 0) is 17.9 Å². The molecule has 1 N–H and O–H groups in total. The van der Waals surface area contributed by atoms with Crippen LogP contribution in [-0.2, 0) is 4.74 Å². The maximum absolute atomic E-state index is 12.3. The molecular weight excluding hydrogens is 276 g/mol. The van der Waals surface area contributed by atoms with Gasteiger partial charge in [0, 0.05) is 26.2 Å². The number of rotatable bonds is 3. The van der Waals surface area contributed by atoms with Crippen molar-refractivity contribution in [3.8, 4) is 0 Å². The van der Waals surface area contributed by atoms with Crippen LogP contribution in [0.1, 0.15) is 16.1 Å². The monoisotopic (exact) mass is 296 g/mol. The molecule has 6 heteroatoms. The average molecular weight is 296 g/mol. The van der Waals surface area contributed by atoms with E-state index in [4.69, 9.17) is 4.74 Å². The van der Waals surface area contributed by atoms with Crippen molar-refractivity contribution in [3.05, 3.63) is 22.4 Å². The van der Waals surface area contributed by atoms with Crippen LogP contribution in [0.2, 0.25) is 0 Å². The Hall–Kier alpha value is -0.950. The second kappa shape index (κ2) is 5.81. The number of hydrogen-bond donors (Lipinski definition) is 1. The molecule has 2 saturated heterocycles. The van der Waals surface area contributed by atoms with Crippen molar-refractivity contribution < 1.29 is 14.6 Å². The fourth-order valence-electron chi connectivity index (χ4n) is 2.89. The van der Waals surface area contributed by atoms with Crippen LogP contribution in [0.3, 0.4) is 0 Å². The molecule has 0 radical (unpaired) electrons. The highest BCUT2D eigenvalue weighted by Crippen LogP contribution is 2.25. The normalized spacial score (nSPS) is 27.9. The maximum Gasteiger partial charge on any atom is 0.264 e. The minimum absolute atomic E-state index is 0.0397. The molecule has 0 bridgehead atoms. The second-order valence-electron chi connectivity index (χ2n) is 5.57. The van der Waals surface area contributed by atoms with E-state index in [1.165, 1.54) is 11.3 Å². The van der Waals surface area contributed by atoms with Crippen LogP contribution in [0.4, 0.5) is 0 Å². The van der Waals surface area contributed by atoms with Gasteiger partial charge in [0.15, 0.2) is 0 Å². The van der Waals surface area contributed by atoms with E-state index in [1.807, 2.05) is 17.5 Å². The Labute approximate surface area is 122 Å². The van der Waals surface area contributed by atoms with Crippen molar-refractivity contribution in [1.82, 2.24) is 9.80 Å². The molecule has 0 saturated carbocycles. The molecule has 3 rings (SSSR count). The first-order chi connectivity index (χ1) is 9.66. The summed E-state index contributed by atoms with van der Waals surface area (Å²) in [6.45, 7) is 4.88. The zero-order valence-electron chi connectivity index (χ0n) is 11.5. The molecule has 0 unspecified atom stereocenters. The second-order valence-corrected chi connectivity index (χ2v) is 6.51. The summed E-state index contributed by atoms with van der Waals surface area (Å²) in [7, 11) is 0. The predicted octanol–water partition coefficient (Wildman–Crippen LogP) is 0.657. The molecule has 0 aliphatic carbocycles. The number of β-amino-alcohol motifs (C(OH)–C–C–N with tert-alkyl or cyclic N) is 1. The lowest BCUT2D eigenvalue weighted by Gasteiger charge is -2.33. The smallest absolute Gasteiger partial charge is 0.264 e. The summed E-state index contributed by atoms with van der Waals surface area (Å²) in [6.07, 6.45) is 0.654. The number of likely N-dealkylation sites (tertiary alicyclic amines) is 1. The van der Waals surface area contributed by atoms with Crippen LogP contribution in [0.25, 0.3) is 0 Å². The molecular formula is C14H20N2O3S. The lowest BCUT2D eigenvalue weighted by Crippen LogP contribution is -2.49. The molecule has 2 aliphatic rings. The van der Waals surface area contributed by atoms with E-state index in [-0.39, 0.29) is 5.91 Å². The van der Waals surface area contributed by atoms with Crippen molar-refractivity contribution in [3.63, 3.8) is 0 Å². The minimum atomic E-state index is -0.774. The standard InChI is InChI=1S/C14H20N2O3S/c17-13(12-2-1-9-20-12)16-4-3-14(18,11-16)10-15-5-7-19-8-6-15/h1-2,9,18H,3-8,10-11H2/t14-/m0/s1. The van der Waals surface area contributed by atoms with Gasteiger partial charge in [-0.15, -0.1) is 11.3 Å². The molecule has 0 spiro atoms. The third-order valence-corrected chi connectivity index (χ3v) is 4.83. The summed E-state index contributed by atoms with van der Waals surface area (Å²) in [4.78, 5) is 17.0. The number of hydrogen-bond acceptors (Lipinski definition) is 5. The van der Waals surface area contributed by atoms with Gasteiger partial charge in [0.2, 0.25) is 0 Å². The molecule has 1 atom stereocenters. The molecule has 110 valence electrons. The van der Waals surface area contributed by atoms with E-state index in [9.17, 15) is 9.90 Å². The summed E-state index contributed by atoms with van der Waals surface area (Å²) in [5.41, 5.74) is -0.774. The molecule has 20 heavy (non-hydrogen) atoms. The molecule has 2 aliphatic heterocycles. The number of carbonyl (C=O) groups excluding carboxylic acids is 1. The Morgan fingerprint density at radius 3 is 2.90 bits per heavy atom. The third kappa shape index (κ3) is 3.03. The van der Waals surface area contributed by atoms with Crippen molar-refractivity contribution >= 4 is 17.2 Å². The van der Waals surface area contributed by atoms with Crippen molar-refractivity contribution in [2.45, 2.75) is 12.0 Å².